The van der Waals surface area contributed by atoms with E-state index < -0.39 is 5.82 Å². The van der Waals surface area contributed by atoms with E-state index in [9.17, 15) is 9.18 Å². The molecule has 0 aliphatic heterocycles. The number of nitrogen functional groups attached to an aromatic ring is 1. The number of rotatable bonds is 7. The third-order valence-corrected chi connectivity index (χ3v) is 3.98. The minimum absolute atomic E-state index is 0.207. The van der Waals surface area contributed by atoms with Gasteiger partial charge in [-0.15, -0.1) is 0 Å². The first kappa shape index (κ1) is 17.8. The van der Waals surface area contributed by atoms with Crippen LogP contribution in [-0.4, -0.2) is 19.0 Å². The van der Waals surface area contributed by atoms with Gasteiger partial charge in [0.05, 0.1) is 17.1 Å². The lowest BCUT2D eigenvalue weighted by molar-refractivity contribution is -0.116. The van der Waals surface area contributed by atoms with Crippen LogP contribution in [0.4, 0.5) is 21.5 Å². The molecule has 1 amide bonds. The average molecular weight is 329 g/mol. The summed E-state index contributed by atoms with van der Waals surface area (Å²) in [6.07, 6.45) is 0.835. The van der Waals surface area contributed by atoms with Gasteiger partial charge >= 0.3 is 0 Å². The number of nitrogens with two attached hydrogens (primary N) is 1. The Balaban J connectivity index is 1.96. The number of hydrogen-bond donors (Lipinski definition) is 2. The van der Waals surface area contributed by atoms with Crippen LogP contribution in [0.5, 0.6) is 0 Å². The molecule has 2 rings (SSSR count). The second-order valence-electron chi connectivity index (χ2n) is 5.59. The fourth-order valence-corrected chi connectivity index (χ4v) is 2.64. The summed E-state index contributed by atoms with van der Waals surface area (Å²) in [4.78, 5) is 14.2. The van der Waals surface area contributed by atoms with E-state index in [0.29, 0.717) is 12.1 Å². The highest BCUT2D eigenvalue weighted by Gasteiger charge is 2.09. The molecule has 0 unspecified atom stereocenters. The molecule has 0 saturated heterocycles. The molecule has 2 aromatic carbocycles. The lowest BCUT2D eigenvalue weighted by atomic mass is 10.1. The van der Waals surface area contributed by atoms with Gasteiger partial charge in [0.15, 0.2) is 0 Å². The van der Waals surface area contributed by atoms with Crippen molar-refractivity contribution in [3.8, 4) is 0 Å². The fraction of sp³-hybridized carbons (Fsp3) is 0.316. The van der Waals surface area contributed by atoms with Crippen LogP contribution in [0.1, 0.15) is 25.8 Å². The minimum Gasteiger partial charge on any atom is -0.397 e. The van der Waals surface area contributed by atoms with Gasteiger partial charge in [0.1, 0.15) is 5.82 Å². The van der Waals surface area contributed by atoms with E-state index in [1.54, 1.807) is 18.2 Å². The van der Waals surface area contributed by atoms with Gasteiger partial charge in [0.2, 0.25) is 5.91 Å². The summed E-state index contributed by atoms with van der Waals surface area (Å²) in [6.45, 7) is 5.96. The number of anilines is 3. The van der Waals surface area contributed by atoms with Crippen molar-refractivity contribution in [1.82, 2.24) is 0 Å². The van der Waals surface area contributed by atoms with E-state index in [4.69, 9.17) is 5.73 Å². The van der Waals surface area contributed by atoms with Crippen molar-refractivity contribution in [2.24, 2.45) is 0 Å². The molecule has 0 bridgehead atoms. The molecule has 0 fully saturated rings. The Morgan fingerprint density at radius 1 is 1.17 bits per heavy atom. The minimum atomic E-state index is -0.432. The predicted octanol–water partition coefficient (Wildman–Crippen LogP) is 3.83. The Bertz CT molecular complexity index is 699. The Labute approximate surface area is 142 Å². The zero-order valence-electron chi connectivity index (χ0n) is 14.2. The molecule has 0 saturated carbocycles. The molecule has 0 aliphatic rings. The van der Waals surface area contributed by atoms with Gasteiger partial charge in [0, 0.05) is 19.5 Å². The van der Waals surface area contributed by atoms with Crippen molar-refractivity contribution in [2.45, 2.75) is 26.7 Å². The lowest BCUT2D eigenvalue weighted by Gasteiger charge is -2.23. The first-order valence-electron chi connectivity index (χ1n) is 8.22. The highest BCUT2D eigenvalue weighted by atomic mass is 19.1. The van der Waals surface area contributed by atoms with Gasteiger partial charge < -0.3 is 16.0 Å². The van der Waals surface area contributed by atoms with Gasteiger partial charge in [-0.1, -0.05) is 18.2 Å². The van der Waals surface area contributed by atoms with Gasteiger partial charge in [-0.3, -0.25) is 4.79 Å². The maximum absolute atomic E-state index is 13.5. The molecule has 5 heteroatoms. The molecule has 4 nitrogen and oxygen atoms in total. The Morgan fingerprint density at radius 2 is 1.88 bits per heavy atom. The monoisotopic (exact) mass is 329 g/mol. The number of aryl methyl sites for hydroxylation is 1. The summed E-state index contributed by atoms with van der Waals surface area (Å²) in [6, 6.07) is 12.0. The molecule has 24 heavy (non-hydrogen) atoms. The maximum Gasteiger partial charge on any atom is 0.224 e. The SMILES string of the molecule is CCN(CC)c1ccc(CCC(=O)Nc2ccccc2F)cc1N. The summed E-state index contributed by atoms with van der Waals surface area (Å²) in [7, 11) is 0. The summed E-state index contributed by atoms with van der Waals surface area (Å²) in [5, 5.41) is 2.59. The van der Waals surface area contributed by atoms with Crippen LogP contribution in [0.25, 0.3) is 0 Å². The van der Waals surface area contributed by atoms with Gasteiger partial charge in [-0.2, -0.15) is 0 Å². The summed E-state index contributed by atoms with van der Waals surface area (Å²) < 4.78 is 13.5. The van der Waals surface area contributed by atoms with Crippen LogP contribution in [0.2, 0.25) is 0 Å². The molecule has 0 radical (unpaired) electrons. The second kappa shape index (κ2) is 8.34. The molecular weight excluding hydrogens is 305 g/mol. The van der Waals surface area contributed by atoms with E-state index in [0.717, 1.165) is 24.3 Å². The number of carbonyl (C=O) groups excluding carboxylic acids is 1. The lowest BCUT2D eigenvalue weighted by Crippen LogP contribution is -2.23. The molecule has 0 atom stereocenters. The van der Waals surface area contributed by atoms with E-state index in [1.165, 1.54) is 6.07 Å². The van der Waals surface area contributed by atoms with Crippen LogP contribution in [-0.2, 0) is 11.2 Å². The van der Waals surface area contributed by atoms with E-state index >= 15 is 0 Å². The second-order valence-corrected chi connectivity index (χ2v) is 5.59. The largest absolute Gasteiger partial charge is 0.397 e. The molecule has 0 aromatic heterocycles. The highest BCUT2D eigenvalue weighted by molar-refractivity contribution is 5.91. The highest BCUT2D eigenvalue weighted by Crippen LogP contribution is 2.24. The average Bonchev–Trinajstić information content (AvgIpc) is 2.58. The van der Waals surface area contributed by atoms with Crippen molar-refractivity contribution >= 4 is 23.0 Å². The van der Waals surface area contributed by atoms with Crippen LogP contribution < -0.4 is 16.0 Å². The molecule has 0 aliphatic carbocycles. The number of amides is 1. The van der Waals surface area contributed by atoms with Crippen LogP contribution in [0.15, 0.2) is 42.5 Å². The standard InChI is InChI=1S/C19H24FN3O/c1-3-23(4-2)18-11-9-14(13-16(18)21)10-12-19(24)22-17-8-6-5-7-15(17)20/h5-9,11,13H,3-4,10,12,21H2,1-2H3,(H,22,24). The zero-order valence-corrected chi connectivity index (χ0v) is 14.2. The Kier molecular flexibility index (Phi) is 6.18. The molecule has 0 spiro atoms. The van der Waals surface area contributed by atoms with Gasteiger partial charge in [0.25, 0.3) is 0 Å². The molecule has 3 N–H and O–H groups in total. The van der Waals surface area contributed by atoms with E-state index in [-0.39, 0.29) is 18.0 Å². The quantitative estimate of drug-likeness (QED) is 0.759. The fourth-order valence-electron chi connectivity index (χ4n) is 2.64. The molecule has 2 aromatic rings. The number of para-hydroxylation sites is 1. The first-order valence-corrected chi connectivity index (χ1v) is 8.22. The van der Waals surface area contributed by atoms with Crippen LogP contribution in [0, 0.1) is 5.82 Å². The van der Waals surface area contributed by atoms with Crippen molar-refractivity contribution in [3.05, 3.63) is 53.8 Å². The van der Waals surface area contributed by atoms with Gasteiger partial charge in [-0.05, 0) is 50.1 Å². The summed E-state index contributed by atoms with van der Waals surface area (Å²) >= 11 is 0. The molecular formula is C19H24FN3O. The third kappa shape index (κ3) is 4.47. The maximum atomic E-state index is 13.5. The van der Waals surface area contributed by atoms with Crippen molar-refractivity contribution < 1.29 is 9.18 Å². The zero-order chi connectivity index (χ0) is 17.5. The van der Waals surface area contributed by atoms with E-state index in [1.807, 2.05) is 18.2 Å². The van der Waals surface area contributed by atoms with Crippen LogP contribution >= 0.6 is 0 Å². The summed E-state index contributed by atoms with van der Waals surface area (Å²) in [5.74, 6) is -0.648. The number of benzene rings is 2. The summed E-state index contributed by atoms with van der Waals surface area (Å²) in [5.41, 5.74) is 9.06. The number of halogens is 1. The first-order chi connectivity index (χ1) is 11.5. The van der Waals surface area contributed by atoms with E-state index in [2.05, 4.69) is 24.1 Å². The van der Waals surface area contributed by atoms with Crippen molar-refractivity contribution in [2.75, 3.05) is 29.0 Å². The molecule has 0 heterocycles. The smallest absolute Gasteiger partial charge is 0.224 e. The van der Waals surface area contributed by atoms with Crippen molar-refractivity contribution in [3.63, 3.8) is 0 Å². The van der Waals surface area contributed by atoms with Crippen molar-refractivity contribution in [1.29, 1.82) is 0 Å². The topological polar surface area (TPSA) is 58.4 Å². The third-order valence-electron chi connectivity index (χ3n) is 3.98. The number of hydrogen-bond acceptors (Lipinski definition) is 3. The molecule has 128 valence electrons. The number of nitrogens with zero attached hydrogens (tertiary/aromatic N) is 1. The number of nitrogens with one attached hydrogen (secondary N) is 1. The van der Waals surface area contributed by atoms with Gasteiger partial charge in [-0.25, -0.2) is 4.39 Å². The number of carbonyl (C=O) groups is 1. The normalized spacial score (nSPS) is 10.5. The Hall–Kier alpha value is -2.56. The predicted molar refractivity (Wildman–Crippen MR) is 97.8 cm³/mol. The Morgan fingerprint density at radius 3 is 2.50 bits per heavy atom. The van der Waals surface area contributed by atoms with Crippen LogP contribution in [0.3, 0.4) is 0 Å².